The van der Waals surface area contributed by atoms with Crippen LogP contribution in [0.25, 0.3) is 0 Å². The molecule has 34 heavy (non-hydrogen) atoms. The van der Waals surface area contributed by atoms with E-state index in [1.54, 1.807) is 25.1 Å². The molecule has 1 amide bonds. The molecule has 2 N–H and O–H groups in total. The van der Waals surface area contributed by atoms with Crippen LogP contribution in [0.2, 0.25) is 0 Å². The SMILES string of the molecule is CCOc1ccccc1OCCN(C(=O)OC(C)Cl)[C@H](C)Cc1ccc(OC)c(S(N)(=O)=O)c1. The maximum Gasteiger partial charge on any atom is 0.411 e. The first kappa shape index (κ1) is 27.6. The Kier molecular flexibility index (Phi) is 10.3. The molecular formula is C23H31ClN2O7S. The first-order valence-electron chi connectivity index (χ1n) is 10.7. The second-order valence-electron chi connectivity index (χ2n) is 7.43. The Morgan fingerprint density at radius 3 is 2.29 bits per heavy atom. The van der Waals surface area contributed by atoms with Gasteiger partial charge in [-0.05, 0) is 57.0 Å². The molecule has 0 fully saturated rings. The van der Waals surface area contributed by atoms with Crippen molar-refractivity contribution in [2.75, 3.05) is 26.9 Å². The molecule has 2 atom stereocenters. The predicted octanol–water partition coefficient (Wildman–Crippen LogP) is 3.77. The minimum Gasteiger partial charge on any atom is -0.495 e. The quantitative estimate of drug-likeness (QED) is 0.428. The molecule has 0 aliphatic heterocycles. The van der Waals surface area contributed by atoms with Crippen molar-refractivity contribution < 1.29 is 32.2 Å². The number of sulfonamides is 1. The van der Waals surface area contributed by atoms with Gasteiger partial charge in [-0.2, -0.15) is 0 Å². The molecule has 11 heteroatoms. The van der Waals surface area contributed by atoms with Crippen molar-refractivity contribution >= 4 is 27.7 Å². The van der Waals surface area contributed by atoms with Crippen LogP contribution in [0.3, 0.4) is 0 Å². The molecule has 2 aromatic carbocycles. The lowest BCUT2D eigenvalue weighted by molar-refractivity contribution is 0.0759. The van der Waals surface area contributed by atoms with Crippen molar-refractivity contribution in [3.05, 3.63) is 48.0 Å². The lowest BCUT2D eigenvalue weighted by Gasteiger charge is -2.29. The van der Waals surface area contributed by atoms with E-state index < -0.39 is 21.7 Å². The van der Waals surface area contributed by atoms with Crippen molar-refractivity contribution in [2.45, 2.75) is 43.7 Å². The van der Waals surface area contributed by atoms with Crippen LogP contribution in [0, 0.1) is 0 Å². The number of para-hydroxylation sites is 2. The van der Waals surface area contributed by atoms with Crippen molar-refractivity contribution in [3.8, 4) is 17.2 Å². The predicted molar refractivity (Wildman–Crippen MR) is 129 cm³/mol. The van der Waals surface area contributed by atoms with Gasteiger partial charge in [0, 0.05) is 6.04 Å². The molecule has 0 heterocycles. The molecule has 0 aromatic heterocycles. The Morgan fingerprint density at radius 1 is 1.09 bits per heavy atom. The maximum atomic E-state index is 12.7. The monoisotopic (exact) mass is 514 g/mol. The summed E-state index contributed by atoms with van der Waals surface area (Å²) in [5, 5.41) is 5.32. The number of ether oxygens (including phenoxy) is 4. The number of hydrogen-bond acceptors (Lipinski definition) is 7. The first-order valence-corrected chi connectivity index (χ1v) is 12.7. The van der Waals surface area contributed by atoms with Gasteiger partial charge in [0.1, 0.15) is 17.3 Å². The van der Waals surface area contributed by atoms with Crippen LogP contribution in [0.15, 0.2) is 47.4 Å². The van der Waals surface area contributed by atoms with Crippen LogP contribution in [0.4, 0.5) is 4.79 Å². The highest BCUT2D eigenvalue weighted by Gasteiger charge is 2.24. The van der Waals surface area contributed by atoms with Gasteiger partial charge in [-0.1, -0.05) is 29.8 Å². The molecule has 0 saturated carbocycles. The maximum absolute atomic E-state index is 12.7. The Bertz CT molecular complexity index is 1060. The molecule has 0 saturated heterocycles. The summed E-state index contributed by atoms with van der Waals surface area (Å²) in [5.74, 6) is 1.31. The number of nitrogens with two attached hydrogens (primary N) is 1. The van der Waals surface area contributed by atoms with E-state index in [-0.39, 0.29) is 29.8 Å². The minimum atomic E-state index is -3.99. The summed E-state index contributed by atoms with van der Waals surface area (Å²) in [6.07, 6.45) is -0.287. The zero-order valence-electron chi connectivity index (χ0n) is 19.7. The van der Waals surface area contributed by atoms with Crippen LogP contribution >= 0.6 is 11.6 Å². The van der Waals surface area contributed by atoms with E-state index >= 15 is 0 Å². The van der Waals surface area contributed by atoms with E-state index in [1.807, 2.05) is 26.0 Å². The molecule has 1 unspecified atom stereocenters. The average molecular weight is 515 g/mol. The highest BCUT2D eigenvalue weighted by atomic mass is 35.5. The van der Waals surface area contributed by atoms with E-state index in [4.69, 9.17) is 35.7 Å². The number of carbonyl (C=O) groups is 1. The van der Waals surface area contributed by atoms with Crippen LogP contribution in [-0.4, -0.2) is 57.9 Å². The summed E-state index contributed by atoms with van der Waals surface area (Å²) in [4.78, 5) is 14.1. The number of hydrogen-bond donors (Lipinski definition) is 1. The van der Waals surface area contributed by atoms with Gasteiger partial charge in [0.2, 0.25) is 10.0 Å². The lowest BCUT2D eigenvalue weighted by Crippen LogP contribution is -2.43. The number of nitrogens with zero attached hydrogens (tertiary/aromatic N) is 1. The van der Waals surface area contributed by atoms with Crippen LogP contribution in [0.5, 0.6) is 17.2 Å². The largest absolute Gasteiger partial charge is 0.495 e. The van der Waals surface area contributed by atoms with E-state index in [1.165, 1.54) is 24.1 Å². The number of rotatable bonds is 12. The molecule has 188 valence electrons. The second kappa shape index (κ2) is 12.7. The minimum absolute atomic E-state index is 0.126. The fraction of sp³-hybridized carbons (Fsp3) is 0.435. The molecule has 2 aromatic rings. The summed E-state index contributed by atoms with van der Waals surface area (Å²) in [6.45, 7) is 6.09. The van der Waals surface area contributed by atoms with Gasteiger partial charge < -0.3 is 23.8 Å². The molecule has 9 nitrogen and oxygen atoms in total. The van der Waals surface area contributed by atoms with E-state index in [9.17, 15) is 13.2 Å². The van der Waals surface area contributed by atoms with E-state index in [0.29, 0.717) is 30.1 Å². The standard InChI is InChI=1S/C23H31ClN2O7S/c1-5-31-19-8-6-7-9-20(19)32-13-12-26(23(27)33-17(3)24)16(2)14-18-10-11-21(30-4)22(15-18)34(25,28)29/h6-11,15-17H,5,12-14H2,1-4H3,(H2,25,28,29)/t16-,17?/m1/s1. The first-order chi connectivity index (χ1) is 16.1. The van der Waals surface area contributed by atoms with E-state index in [2.05, 4.69) is 0 Å². The third-order valence-electron chi connectivity index (χ3n) is 4.83. The lowest BCUT2D eigenvalue weighted by atomic mass is 10.1. The summed E-state index contributed by atoms with van der Waals surface area (Å²) in [6, 6.07) is 11.6. The molecular weight excluding hydrogens is 484 g/mol. The van der Waals surface area contributed by atoms with Gasteiger partial charge in [0.25, 0.3) is 0 Å². The normalized spacial score (nSPS) is 13.0. The summed E-state index contributed by atoms with van der Waals surface area (Å²) in [7, 11) is -2.63. The smallest absolute Gasteiger partial charge is 0.411 e. The topological polar surface area (TPSA) is 117 Å². The number of halogens is 1. The molecule has 0 aliphatic rings. The number of carbonyl (C=O) groups excluding carboxylic acids is 1. The van der Waals surface area contributed by atoms with Crippen molar-refractivity contribution in [1.29, 1.82) is 0 Å². The fourth-order valence-corrected chi connectivity index (χ4v) is 4.14. The Labute approximate surface area is 205 Å². The van der Waals surface area contributed by atoms with Crippen LogP contribution in [0.1, 0.15) is 26.3 Å². The van der Waals surface area contributed by atoms with Gasteiger partial charge in [0.05, 0.1) is 20.3 Å². The Hall–Kier alpha value is -2.69. The van der Waals surface area contributed by atoms with Gasteiger partial charge in [-0.3, -0.25) is 0 Å². The fourth-order valence-electron chi connectivity index (χ4n) is 3.32. The number of methoxy groups -OCH3 is 1. The van der Waals surface area contributed by atoms with Gasteiger partial charge in [0.15, 0.2) is 17.1 Å². The summed E-state index contributed by atoms with van der Waals surface area (Å²) in [5.41, 5.74) is -0.173. The molecule has 0 bridgehead atoms. The molecule has 2 rings (SSSR count). The Morgan fingerprint density at radius 2 is 1.74 bits per heavy atom. The Balaban J connectivity index is 2.18. The van der Waals surface area contributed by atoms with Gasteiger partial charge >= 0.3 is 6.09 Å². The van der Waals surface area contributed by atoms with Crippen LogP contribution in [-0.2, 0) is 21.2 Å². The third kappa shape index (κ3) is 7.96. The van der Waals surface area contributed by atoms with Crippen molar-refractivity contribution in [2.24, 2.45) is 5.14 Å². The molecule has 0 aliphatic carbocycles. The number of alkyl halides is 1. The van der Waals surface area contributed by atoms with Crippen LogP contribution < -0.4 is 19.3 Å². The number of primary sulfonamides is 1. The van der Waals surface area contributed by atoms with Crippen molar-refractivity contribution in [3.63, 3.8) is 0 Å². The average Bonchev–Trinajstić information content (AvgIpc) is 2.76. The van der Waals surface area contributed by atoms with E-state index in [0.717, 1.165) is 0 Å². The van der Waals surface area contributed by atoms with Crippen molar-refractivity contribution in [1.82, 2.24) is 4.90 Å². The highest BCUT2D eigenvalue weighted by Crippen LogP contribution is 2.27. The van der Waals surface area contributed by atoms with Gasteiger partial charge in [-0.25, -0.2) is 18.4 Å². The summed E-state index contributed by atoms with van der Waals surface area (Å²) >= 11 is 5.86. The number of benzene rings is 2. The zero-order chi connectivity index (χ0) is 25.3. The number of amides is 1. The summed E-state index contributed by atoms with van der Waals surface area (Å²) < 4.78 is 45.6. The molecule has 0 spiro atoms. The highest BCUT2D eigenvalue weighted by molar-refractivity contribution is 7.89. The van der Waals surface area contributed by atoms with Gasteiger partial charge in [-0.15, -0.1) is 0 Å². The third-order valence-corrected chi connectivity index (χ3v) is 5.86. The molecule has 0 radical (unpaired) electrons. The zero-order valence-corrected chi connectivity index (χ0v) is 21.3. The second-order valence-corrected chi connectivity index (χ2v) is 9.58.